The first kappa shape index (κ1) is 14.8. The second-order valence-electron chi connectivity index (χ2n) is 6.99. The molecule has 0 aromatic carbocycles. The van der Waals surface area contributed by atoms with Crippen LogP contribution in [-0.4, -0.2) is 75.4 Å². The maximum absolute atomic E-state index is 5.38. The molecule has 116 valence electrons. The molecule has 0 aromatic rings. The molecule has 4 heteroatoms. The summed E-state index contributed by atoms with van der Waals surface area (Å²) in [4.78, 5) is 5.36. The van der Waals surface area contributed by atoms with Gasteiger partial charge in [0.25, 0.3) is 0 Å². The molecule has 3 rings (SSSR count). The average Bonchev–Trinajstić information content (AvgIpc) is 2.45. The third-order valence-corrected chi connectivity index (χ3v) is 5.48. The van der Waals surface area contributed by atoms with Crippen molar-refractivity contribution in [2.45, 2.75) is 31.8 Å². The lowest BCUT2D eigenvalue weighted by atomic mass is 9.81. The van der Waals surface area contributed by atoms with Gasteiger partial charge in [-0.15, -0.1) is 0 Å². The highest BCUT2D eigenvalue weighted by Crippen LogP contribution is 2.31. The van der Waals surface area contributed by atoms with Crippen LogP contribution < -0.4 is 5.32 Å². The molecule has 3 aliphatic rings. The van der Waals surface area contributed by atoms with E-state index in [0.717, 1.165) is 11.8 Å². The standard InChI is InChI=1S/C16H31N3O/c1-20-16-10-15(11-16)13-18-6-2-14(3-7-18)12-19-8-4-17-5-9-19/h14-17H,2-13H2,1H3. The van der Waals surface area contributed by atoms with Crippen molar-refractivity contribution in [2.24, 2.45) is 11.8 Å². The lowest BCUT2D eigenvalue weighted by molar-refractivity contribution is -0.0148. The Bertz CT molecular complexity index is 279. The number of hydrogen-bond acceptors (Lipinski definition) is 4. The molecule has 3 fully saturated rings. The Labute approximate surface area is 123 Å². The number of nitrogens with one attached hydrogen (secondary N) is 1. The molecular weight excluding hydrogens is 250 g/mol. The van der Waals surface area contributed by atoms with Crippen molar-refractivity contribution in [3.63, 3.8) is 0 Å². The fraction of sp³-hybridized carbons (Fsp3) is 1.00. The van der Waals surface area contributed by atoms with Gasteiger partial charge in [0.2, 0.25) is 0 Å². The number of nitrogens with zero attached hydrogens (tertiary/aromatic N) is 2. The van der Waals surface area contributed by atoms with Crippen LogP contribution in [-0.2, 0) is 4.74 Å². The van der Waals surface area contributed by atoms with Crippen LogP contribution in [0.25, 0.3) is 0 Å². The normalized spacial score (nSPS) is 34.0. The number of ether oxygens (including phenoxy) is 1. The highest BCUT2D eigenvalue weighted by molar-refractivity contribution is 4.84. The van der Waals surface area contributed by atoms with E-state index in [-0.39, 0.29) is 0 Å². The second-order valence-corrected chi connectivity index (χ2v) is 6.99. The average molecular weight is 281 g/mol. The summed E-state index contributed by atoms with van der Waals surface area (Å²) in [5, 5.41) is 3.44. The first-order valence-electron chi connectivity index (χ1n) is 8.51. The molecule has 0 amide bonds. The summed E-state index contributed by atoms with van der Waals surface area (Å²) < 4.78 is 5.38. The molecule has 1 aliphatic carbocycles. The quantitative estimate of drug-likeness (QED) is 0.814. The molecule has 0 unspecified atom stereocenters. The van der Waals surface area contributed by atoms with Gasteiger partial charge in [-0.3, -0.25) is 0 Å². The lowest BCUT2D eigenvalue weighted by Gasteiger charge is -2.41. The monoisotopic (exact) mass is 281 g/mol. The number of hydrogen-bond donors (Lipinski definition) is 1. The molecule has 0 spiro atoms. The molecular formula is C16H31N3O. The van der Waals surface area contributed by atoms with Gasteiger partial charge in [-0.2, -0.15) is 0 Å². The topological polar surface area (TPSA) is 27.7 Å². The van der Waals surface area contributed by atoms with E-state index in [0.29, 0.717) is 6.10 Å². The van der Waals surface area contributed by atoms with E-state index >= 15 is 0 Å². The van der Waals surface area contributed by atoms with Gasteiger partial charge in [-0.25, -0.2) is 0 Å². The minimum absolute atomic E-state index is 0.560. The molecule has 2 heterocycles. The van der Waals surface area contributed by atoms with Gasteiger partial charge in [-0.1, -0.05) is 0 Å². The van der Waals surface area contributed by atoms with Gasteiger partial charge in [-0.05, 0) is 50.6 Å². The second kappa shape index (κ2) is 7.21. The Morgan fingerprint density at radius 3 is 2.15 bits per heavy atom. The predicted molar refractivity (Wildman–Crippen MR) is 82.0 cm³/mol. The zero-order chi connectivity index (χ0) is 13.8. The van der Waals surface area contributed by atoms with Crippen molar-refractivity contribution in [1.29, 1.82) is 0 Å². The summed E-state index contributed by atoms with van der Waals surface area (Å²) in [7, 11) is 1.85. The lowest BCUT2D eigenvalue weighted by Crippen LogP contribution is -2.47. The third-order valence-electron chi connectivity index (χ3n) is 5.48. The summed E-state index contributed by atoms with van der Waals surface area (Å²) in [6.07, 6.45) is 5.95. The summed E-state index contributed by atoms with van der Waals surface area (Å²) >= 11 is 0. The number of likely N-dealkylation sites (tertiary alicyclic amines) is 1. The van der Waals surface area contributed by atoms with Gasteiger partial charge >= 0.3 is 0 Å². The minimum atomic E-state index is 0.560. The first-order chi connectivity index (χ1) is 9.83. The number of piperidine rings is 1. The number of rotatable bonds is 5. The minimum Gasteiger partial charge on any atom is -0.381 e. The van der Waals surface area contributed by atoms with Crippen molar-refractivity contribution in [1.82, 2.24) is 15.1 Å². The predicted octanol–water partition coefficient (Wildman–Crippen LogP) is 1.03. The van der Waals surface area contributed by atoms with Crippen LogP contribution in [0.4, 0.5) is 0 Å². The van der Waals surface area contributed by atoms with Crippen LogP contribution in [0.5, 0.6) is 0 Å². The van der Waals surface area contributed by atoms with Gasteiger partial charge in [0.05, 0.1) is 6.10 Å². The van der Waals surface area contributed by atoms with Gasteiger partial charge in [0, 0.05) is 46.4 Å². The van der Waals surface area contributed by atoms with Crippen LogP contribution in [0.1, 0.15) is 25.7 Å². The molecule has 0 atom stereocenters. The fourth-order valence-corrected chi connectivity index (χ4v) is 3.99. The largest absolute Gasteiger partial charge is 0.381 e. The van der Waals surface area contributed by atoms with Crippen molar-refractivity contribution in [3.05, 3.63) is 0 Å². The van der Waals surface area contributed by atoms with Crippen molar-refractivity contribution in [2.75, 3.05) is 59.5 Å². The Kier molecular flexibility index (Phi) is 5.32. The van der Waals surface area contributed by atoms with E-state index in [2.05, 4.69) is 15.1 Å². The third kappa shape index (κ3) is 3.94. The number of methoxy groups -OCH3 is 1. The van der Waals surface area contributed by atoms with Crippen LogP contribution in [0.15, 0.2) is 0 Å². The van der Waals surface area contributed by atoms with Crippen LogP contribution in [0, 0.1) is 11.8 Å². The Balaban J connectivity index is 1.30. The fourth-order valence-electron chi connectivity index (χ4n) is 3.99. The maximum atomic E-state index is 5.38. The molecule has 4 nitrogen and oxygen atoms in total. The molecule has 0 aromatic heterocycles. The van der Waals surface area contributed by atoms with Crippen molar-refractivity contribution in [3.8, 4) is 0 Å². The van der Waals surface area contributed by atoms with Gasteiger partial charge < -0.3 is 19.9 Å². The van der Waals surface area contributed by atoms with Crippen LogP contribution in [0.2, 0.25) is 0 Å². The molecule has 2 aliphatic heterocycles. The van der Waals surface area contributed by atoms with E-state index in [1.165, 1.54) is 78.0 Å². The Hall–Kier alpha value is -0.160. The molecule has 0 bridgehead atoms. The van der Waals surface area contributed by atoms with Crippen LogP contribution >= 0.6 is 0 Å². The molecule has 1 saturated carbocycles. The SMILES string of the molecule is COC1CC(CN2CCC(CN3CCNCC3)CC2)C1. The Morgan fingerprint density at radius 1 is 0.900 bits per heavy atom. The highest BCUT2D eigenvalue weighted by Gasteiger charge is 2.31. The summed E-state index contributed by atoms with van der Waals surface area (Å²) in [5.41, 5.74) is 0. The van der Waals surface area contributed by atoms with E-state index < -0.39 is 0 Å². The van der Waals surface area contributed by atoms with Gasteiger partial charge in [0.1, 0.15) is 0 Å². The van der Waals surface area contributed by atoms with E-state index in [1.807, 2.05) is 7.11 Å². The van der Waals surface area contributed by atoms with E-state index in [9.17, 15) is 0 Å². The Morgan fingerprint density at radius 2 is 1.50 bits per heavy atom. The van der Waals surface area contributed by atoms with E-state index in [4.69, 9.17) is 4.74 Å². The molecule has 2 saturated heterocycles. The first-order valence-corrected chi connectivity index (χ1v) is 8.51. The molecule has 0 radical (unpaired) electrons. The zero-order valence-corrected chi connectivity index (χ0v) is 13.0. The smallest absolute Gasteiger partial charge is 0.0577 e. The van der Waals surface area contributed by atoms with Crippen LogP contribution in [0.3, 0.4) is 0 Å². The summed E-state index contributed by atoms with van der Waals surface area (Å²) in [6.45, 7) is 10.2. The molecule has 1 N–H and O–H groups in total. The number of piperazine rings is 1. The van der Waals surface area contributed by atoms with Gasteiger partial charge in [0.15, 0.2) is 0 Å². The highest BCUT2D eigenvalue weighted by atomic mass is 16.5. The van der Waals surface area contributed by atoms with E-state index in [1.54, 1.807) is 0 Å². The summed E-state index contributed by atoms with van der Waals surface area (Å²) in [6, 6.07) is 0. The van der Waals surface area contributed by atoms with Crippen molar-refractivity contribution < 1.29 is 4.74 Å². The summed E-state index contributed by atoms with van der Waals surface area (Å²) in [5.74, 6) is 1.85. The van der Waals surface area contributed by atoms with Crippen molar-refractivity contribution >= 4 is 0 Å². The zero-order valence-electron chi connectivity index (χ0n) is 13.0. The molecule has 20 heavy (non-hydrogen) atoms. The maximum Gasteiger partial charge on any atom is 0.0577 e.